The minimum Gasteiger partial charge on any atom is -0.268 e. The Morgan fingerprint density at radius 2 is 1.67 bits per heavy atom. The monoisotopic (exact) mass is 323 g/mol. The number of hydrogen-bond donors (Lipinski definition) is 1. The minimum atomic E-state index is -3.91. The fraction of sp³-hybridized carbons (Fsp3) is 0.133. The van der Waals surface area contributed by atoms with Gasteiger partial charge in [0.05, 0.1) is 4.90 Å². The van der Waals surface area contributed by atoms with Gasteiger partial charge in [-0.3, -0.25) is 4.79 Å². The highest BCUT2D eigenvalue weighted by Crippen LogP contribution is 2.16. The summed E-state index contributed by atoms with van der Waals surface area (Å²) < 4.78 is 26.4. The predicted octanol–water partition coefficient (Wildman–Crippen LogP) is 3.08. The van der Waals surface area contributed by atoms with Crippen molar-refractivity contribution < 1.29 is 13.2 Å². The van der Waals surface area contributed by atoms with Crippen molar-refractivity contribution >= 4 is 27.5 Å². The Hall–Kier alpha value is -1.85. The van der Waals surface area contributed by atoms with Crippen molar-refractivity contribution in [3.8, 4) is 0 Å². The smallest absolute Gasteiger partial charge is 0.265 e. The van der Waals surface area contributed by atoms with Crippen molar-refractivity contribution in [1.82, 2.24) is 4.72 Å². The molecule has 6 heteroatoms. The number of halogens is 1. The van der Waals surface area contributed by atoms with Crippen molar-refractivity contribution in [3.05, 3.63) is 64.2 Å². The van der Waals surface area contributed by atoms with Crippen LogP contribution >= 0.6 is 11.6 Å². The molecule has 21 heavy (non-hydrogen) atoms. The maximum Gasteiger partial charge on any atom is 0.265 e. The highest BCUT2D eigenvalue weighted by molar-refractivity contribution is 7.90. The van der Waals surface area contributed by atoms with Crippen molar-refractivity contribution in [3.63, 3.8) is 0 Å². The topological polar surface area (TPSA) is 63.2 Å². The van der Waals surface area contributed by atoms with Gasteiger partial charge in [0.25, 0.3) is 15.9 Å². The zero-order valence-electron chi connectivity index (χ0n) is 11.6. The lowest BCUT2D eigenvalue weighted by molar-refractivity contribution is 0.0980. The van der Waals surface area contributed by atoms with Gasteiger partial charge in [-0.05, 0) is 55.3 Å². The van der Waals surface area contributed by atoms with E-state index >= 15 is 0 Å². The lowest BCUT2D eigenvalue weighted by atomic mass is 10.0. The van der Waals surface area contributed by atoms with E-state index in [4.69, 9.17) is 11.6 Å². The Bertz CT molecular complexity index is 783. The lowest BCUT2D eigenvalue weighted by Gasteiger charge is -2.10. The quantitative estimate of drug-likeness (QED) is 0.944. The van der Waals surface area contributed by atoms with E-state index in [2.05, 4.69) is 4.72 Å². The van der Waals surface area contributed by atoms with E-state index in [1.807, 2.05) is 13.0 Å². The molecule has 1 amide bonds. The molecule has 2 aromatic carbocycles. The van der Waals surface area contributed by atoms with Crippen LogP contribution in [0.15, 0.2) is 47.4 Å². The van der Waals surface area contributed by atoms with E-state index < -0.39 is 15.9 Å². The van der Waals surface area contributed by atoms with Gasteiger partial charge in [0, 0.05) is 10.6 Å². The average Bonchev–Trinajstić information content (AvgIpc) is 2.41. The number of amides is 1. The van der Waals surface area contributed by atoms with Crippen LogP contribution < -0.4 is 4.72 Å². The zero-order valence-corrected chi connectivity index (χ0v) is 13.1. The molecule has 0 aliphatic heterocycles. The van der Waals surface area contributed by atoms with E-state index in [0.29, 0.717) is 10.6 Å². The van der Waals surface area contributed by atoms with E-state index in [9.17, 15) is 13.2 Å². The summed E-state index contributed by atoms with van der Waals surface area (Å²) >= 11 is 5.72. The van der Waals surface area contributed by atoms with Gasteiger partial charge in [0.2, 0.25) is 0 Å². The number of sulfonamides is 1. The Kier molecular flexibility index (Phi) is 4.34. The second kappa shape index (κ2) is 5.87. The molecular formula is C15H14ClNO3S. The molecule has 0 saturated carbocycles. The summed E-state index contributed by atoms with van der Waals surface area (Å²) in [4.78, 5) is 12.1. The van der Waals surface area contributed by atoms with Gasteiger partial charge < -0.3 is 0 Å². The number of hydrogen-bond acceptors (Lipinski definition) is 3. The van der Waals surface area contributed by atoms with Crippen LogP contribution in [0.5, 0.6) is 0 Å². The summed E-state index contributed by atoms with van der Waals surface area (Å²) in [5, 5.41) is 0.426. The van der Waals surface area contributed by atoms with Gasteiger partial charge in [0.1, 0.15) is 0 Å². The highest BCUT2D eigenvalue weighted by Gasteiger charge is 2.20. The molecule has 4 nitrogen and oxygen atoms in total. The summed E-state index contributed by atoms with van der Waals surface area (Å²) in [6, 6.07) is 10.8. The molecule has 1 N–H and O–H groups in total. The van der Waals surface area contributed by atoms with Crippen molar-refractivity contribution in [2.75, 3.05) is 0 Å². The Balaban J connectivity index is 2.30. The first-order valence-corrected chi connectivity index (χ1v) is 8.06. The predicted molar refractivity (Wildman–Crippen MR) is 82.0 cm³/mol. The first-order valence-electron chi connectivity index (χ1n) is 6.20. The largest absolute Gasteiger partial charge is 0.268 e. The van der Waals surface area contributed by atoms with Crippen LogP contribution in [-0.4, -0.2) is 14.3 Å². The number of carbonyl (C=O) groups is 1. The van der Waals surface area contributed by atoms with Crippen LogP contribution in [0, 0.1) is 13.8 Å². The second-order valence-corrected chi connectivity index (χ2v) is 6.75. The zero-order chi connectivity index (χ0) is 15.6. The molecule has 0 bridgehead atoms. The molecule has 0 aliphatic carbocycles. The maximum absolute atomic E-state index is 12.2. The summed E-state index contributed by atoms with van der Waals surface area (Å²) in [5.41, 5.74) is 2.01. The fourth-order valence-electron chi connectivity index (χ4n) is 1.85. The molecule has 2 aromatic rings. The van der Waals surface area contributed by atoms with Crippen LogP contribution in [0.1, 0.15) is 21.5 Å². The van der Waals surface area contributed by atoms with Crippen molar-refractivity contribution in [2.24, 2.45) is 0 Å². The molecule has 0 unspecified atom stereocenters. The Morgan fingerprint density at radius 3 is 2.29 bits per heavy atom. The summed E-state index contributed by atoms with van der Waals surface area (Å²) in [6.07, 6.45) is 0. The average molecular weight is 324 g/mol. The van der Waals surface area contributed by atoms with Crippen LogP contribution in [-0.2, 0) is 10.0 Å². The molecule has 0 fully saturated rings. The third kappa shape index (κ3) is 3.43. The van der Waals surface area contributed by atoms with Gasteiger partial charge in [-0.25, -0.2) is 13.1 Å². The molecule has 0 aromatic heterocycles. The van der Waals surface area contributed by atoms with Gasteiger partial charge in [-0.2, -0.15) is 0 Å². The first-order chi connectivity index (χ1) is 9.81. The Morgan fingerprint density at radius 1 is 1.05 bits per heavy atom. The fourth-order valence-corrected chi connectivity index (χ4v) is 2.94. The van der Waals surface area contributed by atoms with E-state index in [1.54, 1.807) is 19.1 Å². The number of aryl methyl sites for hydroxylation is 1. The number of rotatable bonds is 3. The molecule has 0 radical (unpaired) electrons. The molecule has 0 atom stereocenters. The summed E-state index contributed by atoms with van der Waals surface area (Å²) in [6.45, 7) is 3.64. The van der Waals surface area contributed by atoms with Crippen LogP contribution in [0.2, 0.25) is 5.02 Å². The van der Waals surface area contributed by atoms with E-state index in [-0.39, 0.29) is 4.90 Å². The third-order valence-corrected chi connectivity index (χ3v) is 4.80. The van der Waals surface area contributed by atoms with Gasteiger partial charge in [0.15, 0.2) is 0 Å². The van der Waals surface area contributed by atoms with Crippen molar-refractivity contribution in [1.29, 1.82) is 0 Å². The number of nitrogens with one attached hydrogen (secondary N) is 1. The van der Waals surface area contributed by atoms with Gasteiger partial charge in [-0.15, -0.1) is 0 Å². The maximum atomic E-state index is 12.2. The Labute approximate surface area is 128 Å². The standard InChI is InChI=1S/C15H14ClNO3S/c1-10-4-3-5-14(11(10)2)15(18)17-21(19,20)13-8-6-12(16)7-9-13/h3-9H,1-2H3,(H,17,18). The lowest BCUT2D eigenvalue weighted by Crippen LogP contribution is -2.31. The van der Waals surface area contributed by atoms with Crippen molar-refractivity contribution in [2.45, 2.75) is 18.7 Å². The van der Waals surface area contributed by atoms with E-state index in [1.165, 1.54) is 24.3 Å². The van der Waals surface area contributed by atoms with Gasteiger partial charge in [-0.1, -0.05) is 23.7 Å². The first kappa shape index (κ1) is 15.5. The number of carbonyl (C=O) groups excluding carboxylic acids is 1. The van der Waals surface area contributed by atoms with Crippen LogP contribution in [0.25, 0.3) is 0 Å². The number of benzene rings is 2. The minimum absolute atomic E-state index is 0.00874. The van der Waals surface area contributed by atoms with E-state index in [0.717, 1.165) is 11.1 Å². The molecule has 0 saturated heterocycles. The second-order valence-electron chi connectivity index (χ2n) is 4.64. The summed E-state index contributed by atoms with van der Waals surface area (Å²) in [7, 11) is -3.91. The molecule has 110 valence electrons. The molecule has 0 heterocycles. The highest BCUT2D eigenvalue weighted by atomic mass is 35.5. The normalized spacial score (nSPS) is 11.2. The third-order valence-electron chi connectivity index (χ3n) is 3.20. The van der Waals surface area contributed by atoms with Crippen LogP contribution in [0.4, 0.5) is 0 Å². The van der Waals surface area contributed by atoms with Gasteiger partial charge >= 0.3 is 0 Å². The molecule has 0 aliphatic rings. The molecule has 2 rings (SSSR count). The molecular weight excluding hydrogens is 310 g/mol. The van der Waals surface area contributed by atoms with Crippen LogP contribution in [0.3, 0.4) is 0 Å². The SMILES string of the molecule is Cc1cccc(C(=O)NS(=O)(=O)c2ccc(Cl)cc2)c1C. The summed E-state index contributed by atoms with van der Waals surface area (Å²) in [5.74, 6) is -0.647. The molecule has 0 spiro atoms.